The predicted octanol–water partition coefficient (Wildman–Crippen LogP) is 3.38. The molecule has 106 valence electrons. The van der Waals surface area contributed by atoms with Crippen molar-refractivity contribution in [1.29, 1.82) is 0 Å². The molecular weight excluding hydrogens is 288 g/mol. The number of rotatable bonds is 3. The second-order valence-corrected chi connectivity index (χ2v) is 4.88. The van der Waals surface area contributed by atoms with E-state index in [1.807, 2.05) is 30.3 Å². The summed E-state index contributed by atoms with van der Waals surface area (Å²) >= 11 is 5.92. The Morgan fingerprint density at radius 3 is 2.76 bits per heavy atom. The van der Waals surface area contributed by atoms with Crippen molar-refractivity contribution in [3.8, 4) is 28.5 Å². The molecule has 0 spiro atoms. The van der Waals surface area contributed by atoms with Gasteiger partial charge in [-0.25, -0.2) is 4.98 Å². The molecule has 21 heavy (non-hydrogen) atoms. The SMILES string of the molecule is COc1cccc(-c2n[nH]c(-c3ccc(Cl)c(N)c3)n2)c1. The van der Waals surface area contributed by atoms with Crippen molar-refractivity contribution in [1.82, 2.24) is 15.2 Å². The number of halogens is 1. The van der Waals surface area contributed by atoms with Crippen molar-refractivity contribution >= 4 is 17.3 Å². The lowest BCUT2D eigenvalue weighted by Gasteiger charge is -2.01. The van der Waals surface area contributed by atoms with Crippen LogP contribution in [0.15, 0.2) is 42.5 Å². The van der Waals surface area contributed by atoms with Crippen LogP contribution in [0.4, 0.5) is 5.69 Å². The second kappa shape index (κ2) is 5.46. The topological polar surface area (TPSA) is 76.8 Å². The summed E-state index contributed by atoms with van der Waals surface area (Å²) in [5, 5.41) is 7.65. The number of ether oxygens (including phenoxy) is 1. The van der Waals surface area contributed by atoms with E-state index in [0.29, 0.717) is 22.4 Å². The number of nitrogens with zero attached hydrogens (tertiary/aromatic N) is 2. The molecule has 1 heterocycles. The molecule has 3 rings (SSSR count). The Morgan fingerprint density at radius 1 is 1.14 bits per heavy atom. The predicted molar refractivity (Wildman–Crippen MR) is 83.2 cm³/mol. The first kappa shape index (κ1) is 13.5. The maximum absolute atomic E-state index is 5.92. The van der Waals surface area contributed by atoms with Crippen LogP contribution in [0.25, 0.3) is 22.8 Å². The minimum absolute atomic E-state index is 0.508. The molecule has 6 heteroatoms. The van der Waals surface area contributed by atoms with Gasteiger partial charge in [0.1, 0.15) is 5.75 Å². The molecule has 0 atom stereocenters. The van der Waals surface area contributed by atoms with Crippen LogP contribution in [0.3, 0.4) is 0 Å². The van der Waals surface area contributed by atoms with Gasteiger partial charge in [0.15, 0.2) is 11.6 Å². The monoisotopic (exact) mass is 300 g/mol. The van der Waals surface area contributed by atoms with Gasteiger partial charge in [0.25, 0.3) is 0 Å². The zero-order valence-corrected chi connectivity index (χ0v) is 12.1. The van der Waals surface area contributed by atoms with Gasteiger partial charge in [-0.2, -0.15) is 5.10 Å². The fourth-order valence-corrected chi connectivity index (χ4v) is 2.09. The molecule has 0 aliphatic carbocycles. The molecule has 0 radical (unpaired) electrons. The molecule has 2 aromatic carbocycles. The molecule has 3 N–H and O–H groups in total. The van der Waals surface area contributed by atoms with Gasteiger partial charge in [0.05, 0.1) is 17.8 Å². The smallest absolute Gasteiger partial charge is 0.181 e. The number of nitrogens with two attached hydrogens (primary N) is 1. The van der Waals surface area contributed by atoms with E-state index in [4.69, 9.17) is 22.1 Å². The standard InChI is InChI=1S/C15H13ClN4O/c1-21-11-4-2-3-9(7-11)14-18-15(20-19-14)10-5-6-12(16)13(17)8-10/h2-8H,17H2,1H3,(H,18,19,20). The number of aromatic nitrogens is 3. The van der Waals surface area contributed by atoms with Gasteiger partial charge < -0.3 is 10.5 Å². The van der Waals surface area contributed by atoms with Crippen molar-refractivity contribution in [2.45, 2.75) is 0 Å². The maximum Gasteiger partial charge on any atom is 0.181 e. The van der Waals surface area contributed by atoms with Gasteiger partial charge >= 0.3 is 0 Å². The van der Waals surface area contributed by atoms with Gasteiger partial charge in [-0.15, -0.1) is 0 Å². The lowest BCUT2D eigenvalue weighted by atomic mass is 10.2. The van der Waals surface area contributed by atoms with Crippen LogP contribution in [0.2, 0.25) is 5.02 Å². The number of anilines is 1. The molecule has 0 unspecified atom stereocenters. The van der Waals surface area contributed by atoms with Crippen molar-refractivity contribution in [3.05, 3.63) is 47.5 Å². The van der Waals surface area contributed by atoms with Crippen molar-refractivity contribution in [2.75, 3.05) is 12.8 Å². The van der Waals surface area contributed by atoms with Gasteiger partial charge in [-0.3, -0.25) is 5.10 Å². The van der Waals surface area contributed by atoms with Crippen LogP contribution in [-0.4, -0.2) is 22.3 Å². The Hall–Kier alpha value is -2.53. The van der Waals surface area contributed by atoms with Crippen LogP contribution < -0.4 is 10.5 Å². The summed E-state index contributed by atoms with van der Waals surface area (Å²) in [6, 6.07) is 12.9. The van der Waals surface area contributed by atoms with E-state index in [9.17, 15) is 0 Å². The molecule has 0 aliphatic rings. The number of methoxy groups -OCH3 is 1. The minimum atomic E-state index is 0.508. The molecule has 3 aromatic rings. The number of hydrogen-bond acceptors (Lipinski definition) is 4. The Morgan fingerprint density at radius 2 is 2.00 bits per heavy atom. The molecule has 1 aromatic heterocycles. The van der Waals surface area contributed by atoms with Gasteiger partial charge in [-0.1, -0.05) is 23.7 Å². The molecular formula is C15H13ClN4O. The van der Waals surface area contributed by atoms with Crippen LogP contribution >= 0.6 is 11.6 Å². The lowest BCUT2D eigenvalue weighted by molar-refractivity contribution is 0.415. The Kier molecular flexibility index (Phi) is 3.50. The first-order valence-corrected chi connectivity index (χ1v) is 6.67. The van der Waals surface area contributed by atoms with Crippen molar-refractivity contribution in [2.24, 2.45) is 0 Å². The van der Waals surface area contributed by atoms with E-state index in [0.717, 1.165) is 16.9 Å². The van der Waals surface area contributed by atoms with E-state index >= 15 is 0 Å². The largest absolute Gasteiger partial charge is 0.497 e. The highest BCUT2D eigenvalue weighted by molar-refractivity contribution is 6.33. The molecule has 0 aliphatic heterocycles. The Labute approximate surface area is 126 Å². The van der Waals surface area contributed by atoms with Gasteiger partial charge in [0.2, 0.25) is 0 Å². The van der Waals surface area contributed by atoms with Crippen LogP contribution in [0.5, 0.6) is 5.75 Å². The number of nitrogen functional groups attached to an aromatic ring is 1. The number of aromatic amines is 1. The quantitative estimate of drug-likeness (QED) is 0.727. The average Bonchev–Trinajstić information content (AvgIpc) is 3.00. The summed E-state index contributed by atoms with van der Waals surface area (Å²) in [5.74, 6) is 1.99. The number of nitrogens with one attached hydrogen (secondary N) is 1. The zero-order valence-electron chi connectivity index (χ0n) is 11.3. The second-order valence-electron chi connectivity index (χ2n) is 4.48. The third-order valence-corrected chi connectivity index (χ3v) is 3.43. The molecule has 5 nitrogen and oxygen atoms in total. The van der Waals surface area contributed by atoms with Gasteiger partial charge in [-0.05, 0) is 30.3 Å². The van der Waals surface area contributed by atoms with E-state index < -0.39 is 0 Å². The zero-order chi connectivity index (χ0) is 14.8. The van der Waals surface area contributed by atoms with E-state index in [1.54, 1.807) is 19.2 Å². The fraction of sp³-hybridized carbons (Fsp3) is 0.0667. The third-order valence-electron chi connectivity index (χ3n) is 3.08. The molecule has 0 saturated carbocycles. The minimum Gasteiger partial charge on any atom is -0.497 e. The molecule has 0 bridgehead atoms. The first-order valence-electron chi connectivity index (χ1n) is 6.29. The maximum atomic E-state index is 5.92. The summed E-state index contributed by atoms with van der Waals surface area (Å²) < 4.78 is 5.20. The highest BCUT2D eigenvalue weighted by atomic mass is 35.5. The number of hydrogen-bond donors (Lipinski definition) is 2. The lowest BCUT2D eigenvalue weighted by Crippen LogP contribution is -1.88. The van der Waals surface area contributed by atoms with Crippen molar-refractivity contribution in [3.63, 3.8) is 0 Å². The summed E-state index contributed by atoms with van der Waals surface area (Å²) in [5.41, 5.74) is 8.02. The Bertz CT molecular complexity index is 785. The molecule has 0 saturated heterocycles. The highest BCUT2D eigenvalue weighted by Crippen LogP contribution is 2.26. The number of benzene rings is 2. The van der Waals surface area contributed by atoms with E-state index in [-0.39, 0.29) is 0 Å². The summed E-state index contributed by atoms with van der Waals surface area (Å²) in [4.78, 5) is 4.48. The Balaban J connectivity index is 1.97. The van der Waals surface area contributed by atoms with E-state index in [1.165, 1.54) is 0 Å². The number of H-pyrrole nitrogens is 1. The highest BCUT2D eigenvalue weighted by Gasteiger charge is 2.09. The summed E-state index contributed by atoms with van der Waals surface area (Å²) in [6.07, 6.45) is 0. The van der Waals surface area contributed by atoms with Crippen LogP contribution in [0.1, 0.15) is 0 Å². The fourth-order valence-electron chi connectivity index (χ4n) is 1.97. The van der Waals surface area contributed by atoms with Crippen LogP contribution in [0, 0.1) is 0 Å². The summed E-state index contributed by atoms with van der Waals surface area (Å²) in [7, 11) is 1.62. The van der Waals surface area contributed by atoms with Gasteiger partial charge in [0, 0.05) is 11.1 Å². The molecule has 0 amide bonds. The van der Waals surface area contributed by atoms with Crippen LogP contribution in [-0.2, 0) is 0 Å². The average molecular weight is 301 g/mol. The van der Waals surface area contributed by atoms with E-state index in [2.05, 4.69) is 15.2 Å². The molecule has 0 fully saturated rings. The first-order chi connectivity index (χ1) is 10.2. The summed E-state index contributed by atoms with van der Waals surface area (Å²) in [6.45, 7) is 0. The normalized spacial score (nSPS) is 10.6. The van der Waals surface area contributed by atoms with Crippen molar-refractivity contribution < 1.29 is 4.74 Å². The third kappa shape index (κ3) is 2.68.